The minimum Gasteiger partial charge on any atom is -0.311 e. The van der Waals surface area contributed by atoms with E-state index in [1.54, 1.807) is 0 Å². The Balaban J connectivity index is 1.71. The van der Waals surface area contributed by atoms with Gasteiger partial charge in [-0.2, -0.15) is 5.10 Å². The van der Waals surface area contributed by atoms with E-state index in [2.05, 4.69) is 87.2 Å². The molecule has 0 spiro atoms. The third-order valence-electron chi connectivity index (χ3n) is 4.18. The molecule has 1 N–H and O–H groups in total. The van der Waals surface area contributed by atoms with Gasteiger partial charge in [0.2, 0.25) is 0 Å². The molecule has 1 aromatic carbocycles. The lowest BCUT2D eigenvalue weighted by Crippen LogP contribution is -2.24. The highest BCUT2D eigenvalue weighted by Crippen LogP contribution is 2.22. The number of hydrogen-bond donors (Lipinski definition) is 1. The van der Waals surface area contributed by atoms with Crippen molar-refractivity contribution in [2.75, 3.05) is 20.1 Å². The quantitative estimate of drug-likeness (QED) is 0.623. The minimum atomic E-state index is 0.865. The summed E-state index contributed by atoms with van der Waals surface area (Å²) in [5, 5.41) is 8.20. The Hall–Kier alpha value is -1.17. The molecule has 0 aliphatic rings. The second kappa shape index (κ2) is 9.97. The zero-order valence-electron chi connectivity index (χ0n) is 15.1. The fourth-order valence-electron chi connectivity index (χ4n) is 2.84. The Morgan fingerprint density at radius 1 is 1.21 bits per heavy atom. The fraction of sp³-hybridized carbons (Fsp3) is 0.526. The van der Waals surface area contributed by atoms with Gasteiger partial charge in [0, 0.05) is 19.6 Å². The molecule has 0 aliphatic heterocycles. The number of aromatic nitrogens is 2. The van der Waals surface area contributed by atoms with E-state index in [1.807, 2.05) is 0 Å². The number of hydrogen-bond acceptors (Lipinski definition) is 3. The molecule has 0 bridgehead atoms. The van der Waals surface area contributed by atoms with Crippen molar-refractivity contribution in [3.63, 3.8) is 0 Å². The van der Waals surface area contributed by atoms with Gasteiger partial charge >= 0.3 is 0 Å². The summed E-state index contributed by atoms with van der Waals surface area (Å²) in [4.78, 5) is 2.37. The standard InChI is InChI=1S/C19H29BrN4/c1-4-17-19(20)18(24(5-2)22-17)14-21-12-9-13-23(3)15-16-10-7-6-8-11-16/h6-8,10-11,21H,4-5,9,12-15H2,1-3H3. The second-order valence-electron chi connectivity index (χ2n) is 6.13. The summed E-state index contributed by atoms with van der Waals surface area (Å²) in [7, 11) is 2.18. The van der Waals surface area contributed by atoms with Crippen molar-refractivity contribution in [1.29, 1.82) is 0 Å². The molecule has 2 rings (SSSR count). The molecule has 0 fully saturated rings. The van der Waals surface area contributed by atoms with E-state index in [0.717, 1.165) is 51.3 Å². The number of rotatable bonds is 10. The van der Waals surface area contributed by atoms with E-state index in [4.69, 9.17) is 0 Å². The predicted molar refractivity (Wildman–Crippen MR) is 104 cm³/mol. The number of nitrogens with zero attached hydrogens (tertiary/aromatic N) is 3. The van der Waals surface area contributed by atoms with E-state index in [0.29, 0.717) is 0 Å². The van der Waals surface area contributed by atoms with Crippen molar-refractivity contribution in [1.82, 2.24) is 20.0 Å². The zero-order valence-corrected chi connectivity index (χ0v) is 16.6. The van der Waals surface area contributed by atoms with Crippen molar-refractivity contribution in [3.8, 4) is 0 Å². The molecule has 0 unspecified atom stereocenters. The van der Waals surface area contributed by atoms with Gasteiger partial charge in [0.15, 0.2) is 0 Å². The monoisotopic (exact) mass is 392 g/mol. The normalized spacial score (nSPS) is 11.4. The van der Waals surface area contributed by atoms with E-state index in [-0.39, 0.29) is 0 Å². The summed E-state index contributed by atoms with van der Waals surface area (Å²) in [6, 6.07) is 10.6. The fourth-order valence-corrected chi connectivity index (χ4v) is 3.55. The van der Waals surface area contributed by atoms with Gasteiger partial charge in [0.1, 0.15) is 0 Å². The van der Waals surface area contributed by atoms with Crippen LogP contribution in [0.25, 0.3) is 0 Å². The Kier molecular flexibility index (Phi) is 7.95. The predicted octanol–water partition coefficient (Wildman–Crippen LogP) is 3.84. The maximum absolute atomic E-state index is 4.64. The van der Waals surface area contributed by atoms with Crippen LogP contribution in [0.1, 0.15) is 37.2 Å². The summed E-state index contributed by atoms with van der Waals surface area (Å²) >= 11 is 3.70. The second-order valence-corrected chi connectivity index (χ2v) is 6.92. The van der Waals surface area contributed by atoms with Gasteiger partial charge in [0.25, 0.3) is 0 Å². The van der Waals surface area contributed by atoms with Gasteiger partial charge in [-0.05, 0) is 61.4 Å². The highest BCUT2D eigenvalue weighted by molar-refractivity contribution is 9.10. The lowest BCUT2D eigenvalue weighted by atomic mass is 10.2. The third kappa shape index (κ3) is 5.43. The molecule has 0 aliphatic carbocycles. The zero-order chi connectivity index (χ0) is 17.4. The van der Waals surface area contributed by atoms with Crippen LogP contribution in [0.3, 0.4) is 0 Å². The summed E-state index contributed by atoms with van der Waals surface area (Å²) in [6.45, 7) is 9.18. The highest BCUT2D eigenvalue weighted by atomic mass is 79.9. The van der Waals surface area contributed by atoms with Crippen molar-refractivity contribution in [2.24, 2.45) is 0 Å². The SMILES string of the molecule is CCc1nn(CC)c(CNCCCN(C)Cc2ccccc2)c1Br. The van der Waals surface area contributed by atoms with E-state index >= 15 is 0 Å². The van der Waals surface area contributed by atoms with Gasteiger partial charge in [-0.3, -0.25) is 4.68 Å². The lowest BCUT2D eigenvalue weighted by Gasteiger charge is -2.16. The van der Waals surface area contributed by atoms with E-state index in [9.17, 15) is 0 Å². The molecular weight excluding hydrogens is 364 g/mol. The van der Waals surface area contributed by atoms with Crippen LogP contribution < -0.4 is 5.32 Å². The largest absolute Gasteiger partial charge is 0.311 e. The third-order valence-corrected chi connectivity index (χ3v) is 5.09. The van der Waals surface area contributed by atoms with Crippen molar-refractivity contribution in [3.05, 3.63) is 51.8 Å². The topological polar surface area (TPSA) is 33.1 Å². The molecule has 2 aromatic rings. The first-order valence-corrected chi connectivity index (χ1v) is 9.62. The first-order chi connectivity index (χ1) is 11.7. The van der Waals surface area contributed by atoms with Crippen LogP contribution in [0.2, 0.25) is 0 Å². The molecule has 1 heterocycles. The molecule has 1 aromatic heterocycles. The van der Waals surface area contributed by atoms with Gasteiger partial charge < -0.3 is 10.2 Å². The number of nitrogens with one attached hydrogen (secondary N) is 1. The molecule has 0 radical (unpaired) electrons. The summed E-state index contributed by atoms with van der Waals surface area (Å²) < 4.78 is 3.26. The number of aryl methyl sites for hydroxylation is 2. The minimum absolute atomic E-state index is 0.865. The number of halogens is 1. The summed E-state index contributed by atoms with van der Waals surface area (Å²) in [5.74, 6) is 0. The van der Waals surface area contributed by atoms with Gasteiger partial charge in [-0.25, -0.2) is 0 Å². The first kappa shape index (κ1) is 19.2. The van der Waals surface area contributed by atoms with Crippen LogP contribution in [-0.4, -0.2) is 34.8 Å². The van der Waals surface area contributed by atoms with Gasteiger partial charge in [0.05, 0.1) is 15.9 Å². The van der Waals surface area contributed by atoms with Crippen LogP contribution in [0, 0.1) is 0 Å². The van der Waals surface area contributed by atoms with Crippen LogP contribution >= 0.6 is 15.9 Å². The smallest absolute Gasteiger partial charge is 0.0767 e. The first-order valence-electron chi connectivity index (χ1n) is 8.82. The maximum atomic E-state index is 4.64. The van der Waals surface area contributed by atoms with Crippen molar-refractivity contribution in [2.45, 2.75) is 46.3 Å². The molecule has 24 heavy (non-hydrogen) atoms. The molecular formula is C19H29BrN4. The Bertz CT molecular complexity index is 609. The van der Waals surface area contributed by atoms with E-state index in [1.165, 1.54) is 15.7 Å². The van der Waals surface area contributed by atoms with Crippen LogP contribution in [0.4, 0.5) is 0 Å². The molecule has 4 nitrogen and oxygen atoms in total. The molecule has 0 saturated heterocycles. The number of benzene rings is 1. The van der Waals surface area contributed by atoms with Crippen molar-refractivity contribution < 1.29 is 0 Å². The Labute approximate surface area is 154 Å². The molecule has 5 heteroatoms. The van der Waals surface area contributed by atoms with Gasteiger partial charge in [-0.15, -0.1) is 0 Å². The van der Waals surface area contributed by atoms with Crippen LogP contribution in [-0.2, 0) is 26.1 Å². The molecule has 0 atom stereocenters. The van der Waals surface area contributed by atoms with E-state index < -0.39 is 0 Å². The van der Waals surface area contributed by atoms with Crippen molar-refractivity contribution >= 4 is 15.9 Å². The Morgan fingerprint density at radius 3 is 2.62 bits per heavy atom. The average molecular weight is 393 g/mol. The van der Waals surface area contributed by atoms with Gasteiger partial charge in [-0.1, -0.05) is 37.3 Å². The van der Waals surface area contributed by atoms with Crippen LogP contribution in [0.15, 0.2) is 34.8 Å². The van der Waals surface area contributed by atoms with Crippen LogP contribution in [0.5, 0.6) is 0 Å². The lowest BCUT2D eigenvalue weighted by molar-refractivity contribution is 0.319. The summed E-state index contributed by atoms with van der Waals surface area (Å²) in [5.41, 5.74) is 3.78. The molecule has 132 valence electrons. The average Bonchev–Trinajstić information content (AvgIpc) is 2.91. The maximum Gasteiger partial charge on any atom is 0.0767 e. The summed E-state index contributed by atoms with van der Waals surface area (Å²) in [6.07, 6.45) is 2.10. The Morgan fingerprint density at radius 2 is 1.96 bits per heavy atom. The highest BCUT2D eigenvalue weighted by Gasteiger charge is 2.13. The molecule has 0 saturated carbocycles. The molecule has 0 amide bonds.